The molecule has 1 aromatic carbocycles. The summed E-state index contributed by atoms with van der Waals surface area (Å²) in [5, 5.41) is 4.13. The lowest BCUT2D eigenvalue weighted by Gasteiger charge is -2.13. The maximum absolute atomic E-state index is 12.0. The van der Waals surface area contributed by atoms with E-state index in [0.29, 0.717) is 0 Å². The van der Waals surface area contributed by atoms with Crippen molar-refractivity contribution in [2.45, 2.75) is 56.1 Å². The van der Waals surface area contributed by atoms with Crippen LogP contribution in [0.4, 0.5) is 0 Å². The average molecular weight is 290 g/mol. The van der Waals surface area contributed by atoms with Crippen molar-refractivity contribution < 1.29 is 4.79 Å². The largest absolute Gasteiger partial charge is 0.272 e. The second-order valence-electron chi connectivity index (χ2n) is 5.29. The molecule has 1 atom stereocenters. The highest BCUT2D eigenvalue weighted by atomic mass is 32.2. The average Bonchev–Trinajstić information content (AvgIpc) is 2.48. The molecule has 1 saturated carbocycles. The van der Waals surface area contributed by atoms with Crippen molar-refractivity contribution in [2.75, 3.05) is 0 Å². The van der Waals surface area contributed by atoms with Gasteiger partial charge in [0.05, 0.1) is 5.25 Å². The van der Waals surface area contributed by atoms with Gasteiger partial charge in [0.2, 0.25) is 0 Å². The van der Waals surface area contributed by atoms with Crippen molar-refractivity contribution in [1.29, 1.82) is 0 Å². The molecule has 0 unspecified atom stereocenters. The Balaban J connectivity index is 1.83. The highest BCUT2D eigenvalue weighted by molar-refractivity contribution is 8.00. The lowest BCUT2D eigenvalue weighted by atomic mass is 9.99. The number of hydrazone groups is 1. The molecule has 3 nitrogen and oxygen atoms in total. The third kappa shape index (κ3) is 4.67. The maximum atomic E-state index is 12.0. The van der Waals surface area contributed by atoms with Crippen molar-refractivity contribution in [1.82, 2.24) is 5.43 Å². The number of nitrogens with zero attached hydrogens (tertiary/aromatic N) is 1. The topological polar surface area (TPSA) is 41.5 Å². The standard InChI is InChI=1S/C16H22N2OS/c1-12-8-10-15(11-9-12)20-13(2)16(19)18-17-14-6-4-3-5-7-14/h8-11,13H,3-7H2,1-2H3,(H,18,19)/t13-/m1/s1. The summed E-state index contributed by atoms with van der Waals surface area (Å²) in [6, 6.07) is 8.23. The van der Waals surface area contributed by atoms with Crippen molar-refractivity contribution >= 4 is 23.4 Å². The van der Waals surface area contributed by atoms with Gasteiger partial charge in [-0.05, 0) is 51.7 Å². The molecule has 0 heterocycles. The van der Waals surface area contributed by atoms with Gasteiger partial charge in [-0.15, -0.1) is 11.8 Å². The van der Waals surface area contributed by atoms with E-state index in [1.54, 1.807) is 11.8 Å². The highest BCUT2D eigenvalue weighted by Crippen LogP contribution is 2.23. The van der Waals surface area contributed by atoms with Gasteiger partial charge in [0.1, 0.15) is 0 Å². The quantitative estimate of drug-likeness (QED) is 0.674. The monoisotopic (exact) mass is 290 g/mol. The zero-order valence-electron chi connectivity index (χ0n) is 12.2. The molecule has 108 valence electrons. The number of benzene rings is 1. The van der Waals surface area contributed by atoms with Crippen LogP contribution < -0.4 is 5.43 Å². The second-order valence-corrected chi connectivity index (χ2v) is 6.70. The fourth-order valence-corrected chi connectivity index (χ4v) is 3.03. The van der Waals surface area contributed by atoms with Crippen LogP contribution >= 0.6 is 11.8 Å². The highest BCUT2D eigenvalue weighted by Gasteiger charge is 2.14. The smallest absolute Gasteiger partial charge is 0.253 e. The van der Waals surface area contributed by atoms with Crippen LogP contribution in [0.25, 0.3) is 0 Å². The van der Waals surface area contributed by atoms with Gasteiger partial charge in [0.25, 0.3) is 5.91 Å². The van der Waals surface area contributed by atoms with Crippen molar-refractivity contribution in [3.05, 3.63) is 29.8 Å². The Kier molecular flexibility index (Phi) is 5.65. The van der Waals surface area contributed by atoms with E-state index in [1.165, 1.54) is 24.8 Å². The second kappa shape index (κ2) is 7.48. The fraction of sp³-hybridized carbons (Fsp3) is 0.500. The van der Waals surface area contributed by atoms with E-state index in [9.17, 15) is 4.79 Å². The third-order valence-electron chi connectivity index (χ3n) is 3.46. The van der Waals surface area contributed by atoms with Crippen LogP contribution in [0.5, 0.6) is 0 Å². The van der Waals surface area contributed by atoms with Gasteiger partial charge in [0, 0.05) is 10.6 Å². The first-order valence-electron chi connectivity index (χ1n) is 7.24. The van der Waals surface area contributed by atoms with Gasteiger partial charge >= 0.3 is 0 Å². The van der Waals surface area contributed by atoms with Crippen LogP contribution in [0.1, 0.15) is 44.6 Å². The van der Waals surface area contributed by atoms with Gasteiger partial charge < -0.3 is 0 Å². The number of carbonyl (C=O) groups excluding carboxylic acids is 1. The third-order valence-corrected chi connectivity index (χ3v) is 4.57. The van der Waals surface area contributed by atoms with Gasteiger partial charge in [0.15, 0.2) is 0 Å². The molecule has 4 heteroatoms. The molecule has 0 aliphatic heterocycles. The van der Waals surface area contributed by atoms with Gasteiger partial charge in [-0.3, -0.25) is 4.79 Å². The summed E-state index contributed by atoms with van der Waals surface area (Å²) in [6.45, 7) is 3.98. The van der Waals surface area contributed by atoms with E-state index in [4.69, 9.17) is 0 Å². The molecule has 1 aliphatic carbocycles. The minimum absolute atomic E-state index is 0.0198. The van der Waals surface area contributed by atoms with Gasteiger partial charge in [-0.2, -0.15) is 5.10 Å². The minimum atomic E-state index is -0.134. The fourth-order valence-electron chi connectivity index (χ4n) is 2.17. The molecule has 1 fully saturated rings. The number of aryl methyl sites for hydroxylation is 1. The number of hydrogen-bond donors (Lipinski definition) is 1. The van der Waals surface area contributed by atoms with Crippen molar-refractivity contribution in [3.8, 4) is 0 Å². The minimum Gasteiger partial charge on any atom is -0.272 e. The summed E-state index contributed by atoms with van der Waals surface area (Å²) in [5.41, 5.74) is 5.08. The van der Waals surface area contributed by atoms with Crippen LogP contribution in [0.3, 0.4) is 0 Å². The lowest BCUT2D eigenvalue weighted by Crippen LogP contribution is -2.28. The normalized spacial score (nSPS) is 16.6. The van der Waals surface area contributed by atoms with Crippen molar-refractivity contribution in [3.63, 3.8) is 0 Å². The summed E-state index contributed by atoms with van der Waals surface area (Å²) < 4.78 is 0. The van der Waals surface area contributed by atoms with Gasteiger partial charge in [-0.25, -0.2) is 5.43 Å². The first-order valence-corrected chi connectivity index (χ1v) is 8.12. The number of nitrogens with one attached hydrogen (secondary N) is 1. The van der Waals surface area contributed by atoms with Gasteiger partial charge in [-0.1, -0.05) is 24.1 Å². The number of hydrogen-bond acceptors (Lipinski definition) is 3. The van der Waals surface area contributed by atoms with E-state index in [2.05, 4.69) is 41.7 Å². The van der Waals surface area contributed by atoms with Crippen LogP contribution in [-0.4, -0.2) is 16.9 Å². The zero-order chi connectivity index (χ0) is 14.4. The molecule has 0 saturated heterocycles. The number of rotatable bonds is 4. The Morgan fingerprint density at radius 2 is 1.85 bits per heavy atom. The Bertz CT molecular complexity index is 474. The molecule has 0 bridgehead atoms. The van der Waals surface area contributed by atoms with Crippen LogP contribution in [-0.2, 0) is 4.79 Å². The van der Waals surface area contributed by atoms with Crippen LogP contribution in [0.15, 0.2) is 34.3 Å². The summed E-state index contributed by atoms with van der Waals surface area (Å²) in [6.07, 6.45) is 5.73. The molecule has 1 amide bonds. The van der Waals surface area contributed by atoms with Crippen molar-refractivity contribution in [2.24, 2.45) is 5.10 Å². The first-order chi connectivity index (χ1) is 9.65. The predicted molar refractivity (Wildman–Crippen MR) is 85.2 cm³/mol. The summed E-state index contributed by atoms with van der Waals surface area (Å²) >= 11 is 1.57. The molecule has 0 radical (unpaired) electrons. The Hall–Kier alpha value is -1.29. The number of amides is 1. The Morgan fingerprint density at radius 1 is 1.20 bits per heavy atom. The predicted octanol–water partition coefficient (Wildman–Crippen LogP) is 3.91. The SMILES string of the molecule is Cc1ccc(S[C@H](C)C(=O)NN=C2CCCCC2)cc1. The molecular weight excluding hydrogens is 268 g/mol. The van der Waals surface area contributed by atoms with E-state index in [0.717, 1.165) is 23.4 Å². The maximum Gasteiger partial charge on any atom is 0.253 e. The molecule has 0 spiro atoms. The number of thioether (sulfide) groups is 1. The lowest BCUT2D eigenvalue weighted by molar-refractivity contribution is -0.120. The molecule has 20 heavy (non-hydrogen) atoms. The molecule has 1 aromatic rings. The summed E-state index contributed by atoms with van der Waals surface area (Å²) in [4.78, 5) is 13.1. The summed E-state index contributed by atoms with van der Waals surface area (Å²) in [7, 11) is 0. The van der Waals surface area contributed by atoms with Crippen LogP contribution in [0, 0.1) is 6.92 Å². The molecule has 0 aromatic heterocycles. The number of carbonyl (C=O) groups is 1. The van der Waals surface area contributed by atoms with Crippen LogP contribution in [0.2, 0.25) is 0 Å². The summed E-state index contributed by atoms with van der Waals surface area (Å²) in [5.74, 6) is -0.0198. The van der Waals surface area contributed by atoms with E-state index >= 15 is 0 Å². The zero-order valence-corrected chi connectivity index (χ0v) is 13.0. The van der Waals surface area contributed by atoms with E-state index < -0.39 is 0 Å². The molecule has 2 rings (SSSR count). The van der Waals surface area contributed by atoms with E-state index in [-0.39, 0.29) is 11.2 Å². The molecular formula is C16H22N2OS. The van der Waals surface area contributed by atoms with E-state index in [1.807, 2.05) is 6.92 Å². The molecule has 1 N–H and O–H groups in total. The Labute approximate surface area is 125 Å². The molecule has 1 aliphatic rings. The Morgan fingerprint density at radius 3 is 2.50 bits per heavy atom. The first kappa shape index (κ1) is 15.1.